The molecule has 0 fully saturated rings. The number of allylic oxidation sites excluding steroid dienone is 4. The summed E-state index contributed by atoms with van der Waals surface area (Å²) < 4.78 is 1.58. The van der Waals surface area contributed by atoms with Crippen molar-refractivity contribution in [2.24, 2.45) is 0 Å². The Morgan fingerprint density at radius 2 is 1.52 bits per heavy atom. The van der Waals surface area contributed by atoms with Crippen LogP contribution in [-0.2, 0) is 26.9 Å². The molecule has 1 aliphatic carbocycles. The molecule has 0 amide bonds. The van der Waals surface area contributed by atoms with Gasteiger partial charge in [-0.15, -0.1) is 0 Å². The van der Waals surface area contributed by atoms with Crippen molar-refractivity contribution in [2.75, 3.05) is 0 Å². The van der Waals surface area contributed by atoms with E-state index in [1.54, 1.807) is 14.6 Å². The molecule has 0 heterocycles. The second kappa shape index (κ2) is 9.60. The Morgan fingerprint density at radius 1 is 1.00 bits per heavy atom. The van der Waals surface area contributed by atoms with Crippen LogP contribution in [0.1, 0.15) is 17.5 Å². The number of hydrogen-bond donors (Lipinski definition) is 0. The van der Waals surface area contributed by atoms with Gasteiger partial charge in [0.2, 0.25) is 0 Å². The van der Waals surface area contributed by atoms with E-state index in [4.69, 9.17) is 0 Å². The molecule has 0 atom stereocenters. The predicted molar refractivity (Wildman–Crippen MR) is 78.0 cm³/mol. The van der Waals surface area contributed by atoms with Crippen LogP contribution in [0.4, 0.5) is 0 Å². The second-order valence-electron chi connectivity index (χ2n) is 6.21. The van der Waals surface area contributed by atoms with E-state index in [1.165, 1.54) is 17.5 Å². The van der Waals surface area contributed by atoms with E-state index in [2.05, 4.69) is 77.3 Å². The van der Waals surface area contributed by atoms with E-state index in [0.717, 1.165) is 6.42 Å². The van der Waals surface area contributed by atoms with Crippen LogP contribution in [0.5, 0.6) is 0 Å². The fourth-order valence-electron chi connectivity index (χ4n) is 2.41. The van der Waals surface area contributed by atoms with Crippen LogP contribution in [0.25, 0.3) is 0 Å². The Balaban J connectivity index is 0. The number of benzene rings is 1. The maximum atomic E-state index is 2.48. The van der Waals surface area contributed by atoms with Crippen molar-refractivity contribution in [1.82, 2.24) is 0 Å². The first-order valence-electron chi connectivity index (χ1n) is 6.58. The van der Waals surface area contributed by atoms with Gasteiger partial charge in [-0.25, -0.2) is 0 Å². The van der Waals surface area contributed by atoms with Crippen molar-refractivity contribution < 1.29 is 57.7 Å². The predicted octanol–water partition coefficient (Wildman–Crippen LogP) is -4.44. The molecular weight excluding hydrogens is 374 g/mol. The van der Waals surface area contributed by atoms with Gasteiger partial charge in [0.05, 0.1) is 0 Å². The first-order valence-corrected chi connectivity index (χ1v) is 10.9. The van der Waals surface area contributed by atoms with Gasteiger partial charge < -0.3 is 37.2 Å². The number of hydrogen-bond acceptors (Lipinski definition) is 0. The van der Waals surface area contributed by atoms with Crippen LogP contribution in [0, 0.1) is 6.92 Å². The van der Waals surface area contributed by atoms with Crippen molar-refractivity contribution in [3.05, 3.63) is 56.1 Å². The first-order chi connectivity index (χ1) is 8.38. The maximum absolute atomic E-state index is 2.48. The van der Waals surface area contributed by atoms with Crippen molar-refractivity contribution in [2.45, 2.75) is 39.4 Å². The van der Waals surface area contributed by atoms with Gasteiger partial charge in [-0.2, -0.15) is 0 Å². The summed E-state index contributed by atoms with van der Waals surface area (Å²) in [7, 11) is -1.15. The zero-order valence-electron chi connectivity index (χ0n) is 12.9. The molecule has 2 rings (SSSR count). The van der Waals surface area contributed by atoms with Crippen LogP contribution in [0.2, 0.25) is 19.6 Å². The molecule has 114 valence electrons. The van der Waals surface area contributed by atoms with Gasteiger partial charge in [0.1, 0.15) is 0 Å². The second-order valence-corrected chi connectivity index (χ2v) is 12.0. The van der Waals surface area contributed by atoms with Crippen LogP contribution >= 0.6 is 0 Å². The maximum Gasteiger partial charge on any atom is -1.00 e. The SMILES string of the molecule is Cc1ccc(CC2=[C]([Ti+3])C([Si](C)(C)C)=CC2)cc1.[Cl-].[Cl-].[Cl-]. The van der Waals surface area contributed by atoms with Crippen LogP contribution in [-0.4, -0.2) is 8.07 Å². The van der Waals surface area contributed by atoms with Crippen molar-refractivity contribution in [3.63, 3.8) is 0 Å². The summed E-state index contributed by atoms with van der Waals surface area (Å²) in [5.74, 6) is 0. The quantitative estimate of drug-likeness (QED) is 0.453. The summed E-state index contributed by atoms with van der Waals surface area (Å²) in [4.78, 5) is 0. The minimum Gasteiger partial charge on any atom is -1.00 e. The number of aryl methyl sites for hydroxylation is 1. The third-order valence-electron chi connectivity index (χ3n) is 3.52. The van der Waals surface area contributed by atoms with Gasteiger partial charge in [0.15, 0.2) is 0 Å². The minimum absolute atomic E-state index is 0. The van der Waals surface area contributed by atoms with Crippen molar-refractivity contribution >= 4 is 8.07 Å². The molecule has 0 saturated heterocycles. The van der Waals surface area contributed by atoms with Crippen molar-refractivity contribution in [1.29, 1.82) is 0 Å². The summed E-state index contributed by atoms with van der Waals surface area (Å²) in [6.45, 7) is 9.47. The summed E-state index contributed by atoms with van der Waals surface area (Å²) >= 11 is 2.32. The Labute approximate surface area is 160 Å². The molecule has 1 aliphatic rings. The normalized spacial score (nSPS) is 13.9. The van der Waals surface area contributed by atoms with Gasteiger partial charge in [0.25, 0.3) is 0 Å². The Bertz CT molecular complexity index is 513. The molecule has 0 aromatic heterocycles. The molecule has 0 aliphatic heterocycles. The molecule has 0 bridgehead atoms. The van der Waals surface area contributed by atoms with Gasteiger partial charge in [0, 0.05) is 0 Å². The third kappa shape index (κ3) is 6.25. The summed E-state index contributed by atoms with van der Waals surface area (Å²) in [6, 6.07) is 8.96. The van der Waals surface area contributed by atoms with Gasteiger partial charge in [-0.05, 0) is 0 Å². The zero-order valence-corrected chi connectivity index (χ0v) is 17.8. The van der Waals surface area contributed by atoms with E-state index >= 15 is 0 Å². The Hall–Kier alpha value is 0.501. The molecule has 0 saturated carbocycles. The molecule has 0 radical (unpaired) electrons. The molecule has 0 unspecified atom stereocenters. The molecule has 21 heavy (non-hydrogen) atoms. The molecule has 0 nitrogen and oxygen atoms in total. The van der Waals surface area contributed by atoms with Gasteiger partial charge >= 0.3 is 124 Å². The summed E-state index contributed by atoms with van der Waals surface area (Å²) in [5, 5.41) is 1.67. The molecule has 1 aromatic carbocycles. The standard InChI is InChI=1S/C16H21Si.3ClH.Ti/c1-13-5-7-14(8-6-13)11-15-9-10-16(12-15)17(2,3)4;;;;/h5-8,10H,9,11H2,1-4H3;3*1H;/q;;;;+3/p-3. The summed E-state index contributed by atoms with van der Waals surface area (Å²) in [6.07, 6.45) is 4.76. The molecular formula is C16H21Cl3SiTi. The van der Waals surface area contributed by atoms with E-state index in [9.17, 15) is 0 Å². The van der Waals surface area contributed by atoms with Gasteiger partial charge in [-0.3, -0.25) is 0 Å². The number of halogens is 3. The molecule has 0 spiro atoms. The fourth-order valence-corrected chi connectivity index (χ4v) is 6.27. The largest absolute Gasteiger partial charge is 1.00 e. The van der Waals surface area contributed by atoms with E-state index in [0.29, 0.717) is 0 Å². The topological polar surface area (TPSA) is 0 Å². The van der Waals surface area contributed by atoms with E-state index in [-0.39, 0.29) is 37.2 Å². The molecule has 5 heteroatoms. The average Bonchev–Trinajstić information content (AvgIpc) is 2.63. The van der Waals surface area contributed by atoms with Gasteiger partial charge in [-0.1, -0.05) is 0 Å². The van der Waals surface area contributed by atoms with Crippen LogP contribution in [0.3, 0.4) is 0 Å². The Morgan fingerprint density at radius 3 is 1.95 bits per heavy atom. The number of rotatable bonds is 3. The zero-order chi connectivity index (χ0) is 13.3. The third-order valence-corrected chi connectivity index (χ3v) is 6.95. The molecule has 1 aromatic rings. The van der Waals surface area contributed by atoms with E-state index < -0.39 is 8.07 Å². The smallest absolute Gasteiger partial charge is 1.00 e. The Kier molecular flexibility index (Phi) is 10.9. The molecule has 0 N–H and O–H groups in total. The monoisotopic (exact) mass is 394 g/mol. The minimum atomic E-state index is -1.15. The average molecular weight is 396 g/mol. The fraction of sp³-hybridized carbons (Fsp3) is 0.375. The van der Waals surface area contributed by atoms with Crippen LogP contribution in [0.15, 0.2) is 45.0 Å². The first kappa shape index (κ1) is 23.8. The van der Waals surface area contributed by atoms with E-state index in [1.807, 2.05) is 0 Å². The van der Waals surface area contributed by atoms with Crippen LogP contribution < -0.4 is 37.2 Å². The van der Waals surface area contributed by atoms with Crippen molar-refractivity contribution in [3.8, 4) is 0 Å². The summed E-state index contributed by atoms with van der Waals surface area (Å²) in [5.41, 5.74) is 4.41.